The van der Waals surface area contributed by atoms with Crippen LogP contribution in [0.5, 0.6) is 0 Å². The number of hydrogen-bond donors (Lipinski definition) is 1. The lowest BCUT2D eigenvalue weighted by molar-refractivity contribution is 0.0858. The molecule has 3 rings (SSSR count). The highest BCUT2D eigenvalue weighted by Crippen LogP contribution is 2.11. The molecule has 1 aliphatic rings. The number of amides is 1. The van der Waals surface area contributed by atoms with Crippen molar-refractivity contribution in [1.82, 2.24) is 20.1 Å². The van der Waals surface area contributed by atoms with Crippen molar-refractivity contribution >= 4 is 5.91 Å². The molecule has 0 aliphatic carbocycles. The van der Waals surface area contributed by atoms with E-state index in [9.17, 15) is 4.79 Å². The predicted octanol–water partition coefficient (Wildman–Crippen LogP) is 1.24. The molecule has 1 fully saturated rings. The van der Waals surface area contributed by atoms with Crippen LogP contribution in [0, 0.1) is 0 Å². The van der Waals surface area contributed by atoms with Crippen LogP contribution in [0.2, 0.25) is 0 Å². The van der Waals surface area contributed by atoms with Crippen molar-refractivity contribution < 1.29 is 9.53 Å². The topological polar surface area (TPSA) is 69.0 Å². The number of hydrogen-bond acceptors (Lipinski definition) is 4. The Kier molecular flexibility index (Phi) is 4.25. The minimum Gasteiger partial charge on any atom is -0.376 e. The zero-order chi connectivity index (χ0) is 14.5. The Balaban J connectivity index is 1.54. The Morgan fingerprint density at radius 3 is 2.90 bits per heavy atom. The average molecular weight is 286 g/mol. The predicted molar refractivity (Wildman–Crippen MR) is 76.9 cm³/mol. The molecule has 0 radical (unpaired) electrons. The van der Waals surface area contributed by atoms with Crippen LogP contribution >= 0.6 is 0 Å². The van der Waals surface area contributed by atoms with Gasteiger partial charge in [0.25, 0.3) is 5.91 Å². The standard InChI is InChI=1S/C15H18N4O2/c20-15(17-8-14-2-1-7-21-14)13-5-3-12(4-6-13)9-19-11-16-10-18-19/h3-6,10-11,14H,1-2,7-9H2,(H,17,20)/t14-/m1/s1. The lowest BCUT2D eigenvalue weighted by atomic mass is 10.1. The van der Waals surface area contributed by atoms with Crippen LogP contribution in [0.4, 0.5) is 0 Å². The molecule has 110 valence electrons. The van der Waals surface area contributed by atoms with Gasteiger partial charge < -0.3 is 10.1 Å². The van der Waals surface area contributed by atoms with Gasteiger partial charge in [-0.1, -0.05) is 12.1 Å². The van der Waals surface area contributed by atoms with Gasteiger partial charge in [-0.25, -0.2) is 9.67 Å². The van der Waals surface area contributed by atoms with Crippen molar-refractivity contribution in [1.29, 1.82) is 0 Å². The molecule has 6 heteroatoms. The molecule has 0 bridgehead atoms. The molecule has 1 saturated heterocycles. The number of nitrogens with zero attached hydrogens (tertiary/aromatic N) is 3. The van der Waals surface area contributed by atoms with Crippen molar-refractivity contribution in [3.63, 3.8) is 0 Å². The average Bonchev–Trinajstić information content (AvgIpc) is 3.19. The lowest BCUT2D eigenvalue weighted by Crippen LogP contribution is -2.31. The normalized spacial score (nSPS) is 17.8. The summed E-state index contributed by atoms with van der Waals surface area (Å²) in [6, 6.07) is 7.53. The Bertz CT molecular complexity index is 574. The van der Waals surface area contributed by atoms with Gasteiger partial charge in [-0.05, 0) is 30.5 Å². The monoisotopic (exact) mass is 286 g/mol. The maximum atomic E-state index is 12.0. The molecule has 0 unspecified atom stereocenters. The van der Waals surface area contributed by atoms with Crippen molar-refractivity contribution in [2.45, 2.75) is 25.5 Å². The molecular formula is C15H18N4O2. The minimum absolute atomic E-state index is 0.0576. The Labute approximate surface area is 123 Å². The molecule has 1 atom stereocenters. The summed E-state index contributed by atoms with van der Waals surface area (Å²) >= 11 is 0. The van der Waals surface area contributed by atoms with Gasteiger partial charge in [0.1, 0.15) is 12.7 Å². The molecule has 6 nitrogen and oxygen atoms in total. The van der Waals surface area contributed by atoms with Gasteiger partial charge >= 0.3 is 0 Å². The number of nitrogens with one attached hydrogen (secondary N) is 1. The highest BCUT2D eigenvalue weighted by molar-refractivity contribution is 5.94. The summed E-state index contributed by atoms with van der Waals surface area (Å²) in [5.41, 5.74) is 1.74. The molecule has 1 amide bonds. The first-order valence-corrected chi connectivity index (χ1v) is 7.12. The molecular weight excluding hydrogens is 268 g/mol. The van der Waals surface area contributed by atoms with Crippen molar-refractivity contribution in [2.24, 2.45) is 0 Å². The fourth-order valence-electron chi connectivity index (χ4n) is 2.38. The summed E-state index contributed by atoms with van der Waals surface area (Å²) in [5.74, 6) is -0.0576. The van der Waals surface area contributed by atoms with E-state index in [4.69, 9.17) is 4.74 Å². The van der Waals surface area contributed by atoms with Gasteiger partial charge in [-0.2, -0.15) is 5.10 Å². The first-order valence-electron chi connectivity index (χ1n) is 7.12. The van der Waals surface area contributed by atoms with E-state index in [1.165, 1.54) is 6.33 Å². The second kappa shape index (κ2) is 6.49. The maximum absolute atomic E-state index is 12.0. The van der Waals surface area contributed by atoms with E-state index in [1.807, 2.05) is 24.3 Å². The SMILES string of the molecule is O=C(NC[C@H]1CCCO1)c1ccc(Cn2cncn2)cc1. The number of benzene rings is 1. The molecule has 1 N–H and O–H groups in total. The van der Waals surface area contributed by atoms with E-state index in [2.05, 4.69) is 15.4 Å². The molecule has 1 aliphatic heterocycles. The third-order valence-electron chi connectivity index (χ3n) is 3.54. The molecule has 0 saturated carbocycles. The van der Waals surface area contributed by atoms with Crippen LogP contribution in [0.25, 0.3) is 0 Å². The molecule has 0 spiro atoms. The van der Waals surface area contributed by atoms with Gasteiger partial charge in [0.2, 0.25) is 0 Å². The van der Waals surface area contributed by atoms with E-state index in [0.717, 1.165) is 25.0 Å². The zero-order valence-electron chi connectivity index (χ0n) is 11.7. The largest absolute Gasteiger partial charge is 0.376 e. The Morgan fingerprint density at radius 1 is 1.38 bits per heavy atom. The third-order valence-corrected chi connectivity index (χ3v) is 3.54. The van der Waals surface area contributed by atoms with Crippen molar-refractivity contribution in [3.8, 4) is 0 Å². The highest BCUT2D eigenvalue weighted by Gasteiger charge is 2.16. The van der Waals surface area contributed by atoms with Gasteiger partial charge in [-0.3, -0.25) is 4.79 Å². The van der Waals surface area contributed by atoms with E-state index in [1.54, 1.807) is 11.0 Å². The number of carbonyl (C=O) groups excluding carboxylic acids is 1. The summed E-state index contributed by atoms with van der Waals surface area (Å²) in [7, 11) is 0. The van der Waals surface area contributed by atoms with Crippen LogP contribution in [0.15, 0.2) is 36.9 Å². The first kappa shape index (κ1) is 13.8. The second-order valence-corrected chi connectivity index (χ2v) is 5.14. The van der Waals surface area contributed by atoms with Gasteiger partial charge in [0.05, 0.1) is 12.6 Å². The van der Waals surface area contributed by atoms with Crippen molar-refractivity contribution in [2.75, 3.05) is 13.2 Å². The number of aromatic nitrogens is 3. The van der Waals surface area contributed by atoms with Gasteiger partial charge in [0.15, 0.2) is 0 Å². The fourth-order valence-corrected chi connectivity index (χ4v) is 2.38. The Morgan fingerprint density at radius 2 is 2.24 bits per heavy atom. The summed E-state index contributed by atoms with van der Waals surface area (Å²) in [6.45, 7) is 2.04. The van der Waals surface area contributed by atoms with Crippen LogP contribution in [-0.2, 0) is 11.3 Å². The second-order valence-electron chi connectivity index (χ2n) is 5.14. The smallest absolute Gasteiger partial charge is 0.251 e. The third kappa shape index (κ3) is 3.66. The number of rotatable bonds is 5. The summed E-state index contributed by atoms with van der Waals surface area (Å²) in [6.07, 6.45) is 5.45. The number of ether oxygens (including phenoxy) is 1. The molecule has 21 heavy (non-hydrogen) atoms. The summed E-state index contributed by atoms with van der Waals surface area (Å²) in [5, 5.41) is 6.97. The molecule has 1 aromatic heterocycles. The zero-order valence-corrected chi connectivity index (χ0v) is 11.7. The maximum Gasteiger partial charge on any atom is 0.251 e. The lowest BCUT2D eigenvalue weighted by Gasteiger charge is -2.11. The van der Waals surface area contributed by atoms with Gasteiger partial charge in [0, 0.05) is 18.7 Å². The quantitative estimate of drug-likeness (QED) is 0.897. The van der Waals surface area contributed by atoms with E-state index in [-0.39, 0.29) is 12.0 Å². The van der Waals surface area contributed by atoms with Crippen LogP contribution < -0.4 is 5.32 Å². The van der Waals surface area contributed by atoms with E-state index >= 15 is 0 Å². The Hall–Kier alpha value is -2.21. The van der Waals surface area contributed by atoms with Crippen LogP contribution in [-0.4, -0.2) is 39.9 Å². The van der Waals surface area contributed by atoms with E-state index < -0.39 is 0 Å². The first-order chi connectivity index (χ1) is 10.3. The van der Waals surface area contributed by atoms with Gasteiger partial charge in [-0.15, -0.1) is 0 Å². The highest BCUT2D eigenvalue weighted by atomic mass is 16.5. The molecule has 2 heterocycles. The van der Waals surface area contributed by atoms with Crippen LogP contribution in [0.1, 0.15) is 28.8 Å². The summed E-state index contributed by atoms with van der Waals surface area (Å²) in [4.78, 5) is 15.9. The van der Waals surface area contributed by atoms with Crippen molar-refractivity contribution in [3.05, 3.63) is 48.0 Å². The fraction of sp³-hybridized carbons (Fsp3) is 0.400. The minimum atomic E-state index is -0.0576. The van der Waals surface area contributed by atoms with E-state index in [0.29, 0.717) is 18.7 Å². The molecule has 2 aromatic rings. The van der Waals surface area contributed by atoms with Crippen LogP contribution in [0.3, 0.4) is 0 Å². The summed E-state index contributed by atoms with van der Waals surface area (Å²) < 4.78 is 7.23. The molecule has 1 aromatic carbocycles. The number of carbonyl (C=O) groups is 1.